The normalized spacial score (nSPS) is 21.1. The molecule has 2 aliphatic heterocycles. The molecule has 1 aromatic heterocycles. The molecule has 10 nitrogen and oxygen atoms in total. The van der Waals surface area contributed by atoms with Gasteiger partial charge in [0.05, 0.1) is 0 Å². The maximum Gasteiger partial charge on any atom is 0.435 e. The number of aromatic nitrogens is 2. The number of hydrogen-bond acceptors (Lipinski definition) is 7. The number of β-lactam (4-membered cyclic amide) rings is 1. The molecule has 2 amide bonds. The van der Waals surface area contributed by atoms with Crippen molar-refractivity contribution in [1.29, 1.82) is 0 Å². The molecule has 0 spiro atoms. The van der Waals surface area contributed by atoms with Crippen molar-refractivity contribution in [2.45, 2.75) is 31.1 Å². The molecule has 3 heterocycles. The highest BCUT2D eigenvalue weighted by molar-refractivity contribution is 8.00. The van der Waals surface area contributed by atoms with Gasteiger partial charge >= 0.3 is 18.1 Å². The maximum atomic E-state index is 12.6. The topological polar surface area (TPSA) is 131 Å². The Balaban J connectivity index is 1.66. The lowest BCUT2D eigenvalue weighted by Crippen LogP contribution is -2.70. The number of carbonyl (C=O) groups is 4. The monoisotopic (exact) mass is 448 g/mol. The highest BCUT2D eigenvalue weighted by Crippen LogP contribution is 2.40. The van der Waals surface area contributed by atoms with Gasteiger partial charge in [0.25, 0.3) is 5.91 Å². The number of carboxylic acids is 1. The second-order valence-corrected chi connectivity index (χ2v) is 7.49. The second-order valence-electron chi connectivity index (χ2n) is 6.39. The van der Waals surface area contributed by atoms with Crippen LogP contribution in [0.3, 0.4) is 0 Å². The van der Waals surface area contributed by atoms with Crippen molar-refractivity contribution in [3.8, 4) is 0 Å². The minimum absolute atomic E-state index is 0.157. The summed E-state index contributed by atoms with van der Waals surface area (Å²) in [7, 11) is 0. The van der Waals surface area contributed by atoms with Crippen molar-refractivity contribution in [1.82, 2.24) is 20.0 Å². The van der Waals surface area contributed by atoms with E-state index < -0.39 is 53.6 Å². The molecular weight excluding hydrogens is 433 g/mol. The van der Waals surface area contributed by atoms with Gasteiger partial charge in [-0.3, -0.25) is 24.0 Å². The molecule has 1 fully saturated rings. The fraction of sp³-hybridized carbons (Fsp3) is 0.438. The van der Waals surface area contributed by atoms with Crippen LogP contribution in [-0.4, -0.2) is 67.3 Å². The number of rotatable bonds is 6. The largest absolute Gasteiger partial charge is 0.477 e. The van der Waals surface area contributed by atoms with E-state index in [9.17, 15) is 37.5 Å². The number of halogens is 3. The van der Waals surface area contributed by atoms with Crippen LogP contribution in [0.15, 0.2) is 23.5 Å². The van der Waals surface area contributed by atoms with Crippen LogP contribution in [0.5, 0.6) is 0 Å². The van der Waals surface area contributed by atoms with Gasteiger partial charge in [0.2, 0.25) is 5.91 Å². The number of aliphatic carboxylic acids is 1. The average molecular weight is 448 g/mol. The number of nitrogens with one attached hydrogen (secondary N) is 1. The van der Waals surface area contributed by atoms with E-state index in [1.54, 1.807) is 0 Å². The first-order valence-corrected chi connectivity index (χ1v) is 9.47. The summed E-state index contributed by atoms with van der Waals surface area (Å²) < 4.78 is 43.3. The number of ether oxygens (including phenoxy) is 1. The van der Waals surface area contributed by atoms with E-state index >= 15 is 0 Å². The number of amides is 2. The molecule has 1 saturated heterocycles. The predicted octanol–water partition coefficient (Wildman–Crippen LogP) is 0.204. The van der Waals surface area contributed by atoms with Gasteiger partial charge in [0.15, 0.2) is 5.69 Å². The molecule has 0 bridgehead atoms. The van der Waals surface area contributed by atoms with E-state index in [2.05, 4.69) is 10.4 Å². The molecule has 0 unspecified atom stereocenters. The van der Waals surface area contributed by atoms with Gasteiger partial charge in [-0.15, -0.1) is 11.8 Å². The van der Waals surface area contributed by atoms with E-state index in [-0.39, 0.29) is 23.6 Å². The second kappa shape index (κ2) is 8.01. The highest BCUT2D eigenvalue weighted by Gasteiger charge is 2.54. The Bertz CT molecular complexity index is 944. The number of thioether (sulfide) groups is 1. The van der Waals surface area contributed by atoms with Gasteiger partial charge in [0, 0.05) is 24.4 Å². The number of nitrogens with zero attached hydrogens (tertiary/aromatic N) is 3. The van der Waals surface area contributed by atoms with Crippen molar-refractivity contribution in [3.63, 3.8) is 0 Å². The Morgan fingerprint density at radius 3 is 2.67 bits per heavy atom. The Kier molecular flexibility index (Phi) is 5.78. The van der Waals surface area contributed by atoms with Crippen LogP contribution < -0.4 is 5.32 Å². The smallest absolute Gasteiger partial charge is 0.435 e. The highest BCUT2D eigenvalue weighted by atomic mass is 32.2. The first kappa shape index (κ1) is 21.7. The van der Waals surface area contributed by atoms with Crippen LogP contribution in [0.1, 0.15) is 12.6 Å². The SMILES string of the molecule is CC(=O)OCC1=C(C(=O)O)N2C(=O)[C@@H](NC(=O)Cn3ccc(C(F)(F)F)n3)[C@@H]2SC1. The van der Waals surface area contributed by atoms with Gasteiger partial charge in [-0.1, -0.05) is 0 Å². The molecule has 14 heteroatoms. The lowest BCUT2D eigenvalue weighted by atomic mass is 10.0. The summed E-state index contributed by atoms with van der Waals surface area (Å²) in [5.41, 5.74) is -1.22. The summed E-state index contributed by atoms with van der Waals surface area (Å²) in [6.07, 6.45) is -3.66. The van der Waals surface area contributed by atoms with Gasteiger partial charge < -0.3 is 15.2 Å². The van der Waals surface area contributed by atoms with E-state index in [1.807, 2.05) is 0 Å². The summed E-state index contributed by atoms with van der Waals surface area (Å²) in [6.45, 7) is 0.340. The van der Waals surface area contributed by atoms with E-state index in [0.717, 1.165) is 28.8 Å². The van der Waals surface area contributed by atoms with Crippen molar-refractivity contribution in [3.05, 3.63) is 29.2 Å². The van der Waals surface area contributed by atoms with E-state index in [4.69, 9.17) is 4.74 Å². The molecule has 30 heavy (non-hydrogen) atoms. The summed E-state index contributed by atoms with van der Waals surface area (Å²) in [6, 6.07) is -0.320. The summed E-state index contributed by atoms with van der Waals surface area (Å²) >= 11 is 1.17. The predicted molar refractivity (Wildman–Crippen MR) is 93.5 cm³/mol. The number of carbonyl (C=O) groups excluding carboxylic acids is 3. The lowest BCUT2D eigenvalue weighted by Gasteiger charge is -2.49. The first-order chi connectivity index (χ1) is 14.0. The summed E-state index contributed by atoms with van der Waals surface area (Å²) in [5.74, 6) is -3.26. The standard InChI is InChI=1S/C16H15F3N4O6S/c1-7(24)29-5-8-6-30-14-11(13(26)23(14)12(8)15(27)28)20-10(25)4-22-3-2-9(21-22)16(17,18)19/h2-3,11,14H,4-6H2,1H3,(H,20,25)(H,27,28)/t11-,14+/m1/s1. The molecule has 2 N–H and O–H groups in total. The molecule has 162 valence electrons. The number of carboxylic acid groups (broad SMARTS) is 1. The van der Waals surface area contributed by atoms with Crippen molar-refractivity contribution in [2.75, 3.05) is 12.4 Å². The molecule has 0 saturated carbocycles. The van der Waals surface area contributed by atoms with Gasteiger partial charge in [0.1, 0.15) is 30.3 Å². The molecule has 2 atom stereocenters. The van der Waals surface area contributed by atoms with Crippen LogP contribution in [0, 0.1) is 0 Å². The van der Waals surface area contributed by atoms with E-state index in [1.165, 1.54) is 11.8 Å². The van der Waals surface area contributed by atoms with Crippen LogP contribution in [0.4, 0.5) is 13.2 Å². The Morgan fingerprint density at radius 1 is 1.40 bits per heavy atom. The summed E-state index contributed by atoms with van der Waals surface area (Å²) in [5, 5.41) is 14.4. The number of fused-ring (bicyclic) bond motifs is 1. The zero-order chi connectivity index (χ0) is 22.2. The molecule has 3 rings (SSSR count). The molecule has 1 aromatic rings. The van der Waals surface area contributed by atoms with Gasteiger partial charge in [-0.05, 0) is 6.07 Å². The minimum atomic E-state index is -4.64. The maximum absolute atomic E-state index is 12.6. The third kappa shape index (κ3) is 4.27. The molecular formula is C16H15F3N4O6S. The number of esters is 1. The number of alkyl halides is 3. The fourth-order valence-electron chi connectivity index (χ4n) is 2.95. The van der Waals surface area contributed by atoms with Crippen molar-refractivity contribution < 1.29 is 42.2 Å². The first-order valence-electron chi connectivity index (χ1n) is 8.42. The van der Waals surface area contributed by atoms with Gasteiger partial charge in [-0.2, -0.15) is 18.3 Å². The molecule has 0 radical (unpaired) electrons. The Labute approximate surface area is 171 Å². The summed E-state index contributed by atoms with van der Waals surface area (Å²) in [4.78, 5) is 48.1. The number of hydrogen-bond donors (Lipinski definition) is 2. The lowest BCUT2D eigenvalue weighted by molar-refractivity contribution is -0.151. The Morgan fingerprint density at radius 2 is 2.10 bits per heavy atom. The minimum Gasteiger partial charge on any atom is -0.477 e. The molecule has 0 aromatic carbocycles. The van der Waals surface area contributed by atoms with Gasteiger partial charge in [-0.25, -0.2) is 4.79 Å². The molecule has 0 aliphatic carbocycles. The van der Waals surface area contributed by atoms with Crippen LogP contribution >= 0.6 is 11.8 Å². The third-order valence-electron chi connectivity index (χ3n) is 4.25. The van der Waals surface area contributed by atoms with Crippen molar-refractivity contribution >= 4 is 35.5 Å². The average Bonchev–Trinajstić information content (AvgIpc) is 3.12. The van der Waals surface area contributed by atoms with E-state index in [0.29, 0.717) is 0 Å². The van der Waals surface area contributed by atoms with Crippen molar-refractivity contribution in [2.24, 2.45) is 0 Å². The fourth-order valence-corrected chi connectivity index (χ4v) is 4.28. The zero-order valence-corrected chi connectivity index (χ0v) is 16.1. The third-order valence-corrected chi connectivity index (χ3v) is 5.59. The molecule has 2 aliphatic rings. The zero-order valence-electron chi connectivity index (χ0n) is 15.3. The van der Waals surface area contributed by atoms with Crippen LogP contribution in [0.25, 0.3) is 0 Å². The quantitative estimate of drug-likeness (QED) is 0.466. The van der Waals surface area contributed by atoms with Crippen LogP contribution in [-0.2, 0) is 36.6 Å². The Hall–Kier alpha value is -3.03. The van der Waals surface area contributed by atoms with Crippen LogP contribution in [0.2, 0.25) is 0 Å².